The lowest BCUT2D eigenvalue weighted by Crippen LogP contribution is -2.57. The van der Waals surface area contributed by atoms with Crippen molar-refractivity contribution in [3.8, 4) is 0 Å². The highest BCUT2D eigenvalue weighted by atomic mass is 16.4. The van der Waals surface area contributed by atoms with Crippen LogP contribution in [0.2, 0.25) is 0 Å². The summed E-state index contributed by atoms with van der Waals surface area (Å²) in [6.07, 6.45) is 2.70. The summed E-state index contributed by atoms with van der Waals surface area (Å²) in [6.45, 7) is 0.593. The first-order valence-electron chi connectivity index (χ1n) is 21.7. The molecule has 0 unspecified atom stereocenters. The van der Waals surface area contributed by atoms with Crippen molar-refractivity contribution in [1.82, 2.24) is 42.5 Å². The molecule has 2 aromatic rings. The molecule has 0 aliphatic rings. The third-order valence-electron chi connectivity index (χ3n) is 10.0. The number of aliphatic carboxylic acids is 4. The summed E-state index contributed by atoms with van der Waals surface area (Å²) < 4.78 is 0. The van der Waals surface area contributed by atoms with Gasteiger partial charge in [-0.25, -0.2) is 19.2 Å². The Balaban J connectivity index is 1.79. The van der Waals surface area contributed by atoms with Crippen LogP contribution in [-0.4, -0.2) is 130 Å². The summed E-state index contributed by atoms with van der Waals surface area (Å²) in [4.78, 5) is 122. The molecule has 2 aromatic carbocycles. The Morgan fingerprint density at radius 1 is 0.455 bits per heavy atom. The molecule has 0 radical (unpaired) electrons. The fourth-order valence-electron chi connectivity index (χ4n) is 6.51. The zero-order valence-electron chi connectivity index (χ0n) is 36.8. The second-order valence-electron chi connectivity index (χ2n) is 15.4. The third kappa shape index (κ3) is 23.4. The molecule has 0 saturated heterocycles. The molecule has 0 aromatic heterocycles. The standard InChI is InChI=1S/C44H62N8O14/c1-45-38(58)34(27-37(56)57)50-40(60)33(26-29-17-9-6-10-18-29)49-39(59)32(25-28-15-7-5-8-16-28)48-35(53)20-11-3-2-4-13-23-46-43(65)47-24-14-12-19-30(41(61)62)51-44(66)52-31(42(63)64)21-22-36(54)55/h5-10,15-18,30-34H,2-4,11-14,19-27H2,1H3,(H,45,58)(H,48,53)(H,49,59)(H,50,60)(H,54,55)(H,56,57)(H,61,62)(H,63,64)(H2,46,47,65)(H2,51,52,66)/t30-,31-,32-,33-,34-/m0/s1. The largest absolute Gasteiger partial charge is 0.481 e. The van der Waals surface area contributed by atoms with Crippen molar-refractivity contribution in [2.24, 2.45) is 0 Å². The predicted molar refractivity (Wildman–Crippen MR) is 237 cm³/mol. The van der Waals surface area contributed by atoms with Crippen molar-refractivity contribution in [3.63, 3.8) is 0 Å². The number of carbonyl (C=O) groups excluding carboxylic acids is 6. The summed E-state index contributed by atoms with van der Waals surface area (Å²) in [6, 6.07) is 9.70. The molecule has 0 spiro atoms. The average Bonchev–Trinajstić information content (AvgIpc) is 3.27. The van der Waals surface area contributed by atoms with Gasteiger partial charge in [0.05, 0.1) is 6.42 Å². The molecule has 0 bridgehead atoms. The predicted octanol–water partition coefficient (Wildman–Crippen LogP) is 1.03. The Morgan fingerprint density at radius 2 is 0.924 bits per heavy atom. The van der Waals surface area contributed by atoms with Crippen LogP contribution in [0.5, 0.6) is 0 Å². The van der Waals surface area contributed by atoms with E-state index in [1.54, 1.807) is 60.7 Å². The summed E-state index contributed by atoms with van der Waals surface area (Å²) in [7, 11) is 1.30. The minimum absolute atomic E-state index is 0.0124. The van der Waals surface area contributed by atoms with Crippen molar-refractivity contribution in [3.05, 3.63) is 71.8 Å². The monoisotopic (exact) mass is 926 g/mol. The molecule has 0 heterocycles. The Bertz CT molecular complexity index is 1920. The van der Waals surface area contributed by atoms with Crippen molar-refractivity contribution in [2.75, 3.05) is 20.1 Å². The third-order valence-corrected chi connectivity index (χ3v) is 10.0. The van der Waals surface area contributed by atoms with E-state index < -0.39 is 96.7 Å². The minimum Gasteiger partial charge on any atom is -0.481 e. The lowest BCUT2D eigenvalue weighted by Gasteiger charge is -2.25. The van der Waals surface area contributed by atoms with Gasteiger partial charge in [0.2, 0.25) is 23.6 Å². The lowest BCUT2D eigenvalue weighted by molar-refractivity contribution is -0.141. The summed E-state index contributed by atoms with van der Waals surface area (Å²) >= 11 is 0. The molecule has 22 heteroatoms. The number of amides is 8. The van der Waals surface area contributed by atoms with Crippen LogP contribution in [0.25, 0.3) is 0 Å². The number of hydrogen-bond donors (Lipinski definition) is 12. The molecular weight excluding hydrogens is 865 g/mol. The lowest BCUT2D eigenvalue weighted by atomic mass is 10.0. The van der Waals surface area contributed by atoms with Crippen LogP contribution >= 0.6 is 0 Å². The first-order valence-corrected chi connectivity index (χ1v) is 21.7. The molecule has 22 nitrogen and oxygen atoms in total. The van der Waals surface area contributed by atoms with E-state index >= 15 is 0 Å². The number of rotatable bonds is 32. The van der Waals surface area contributed by atoms with E-state index in [2.05, 4.69) is 42.5 Å². The van der Waals surface area contributed by atoms with Crippen molar-refractivity contribution in [2.45, 2.75) is 120 Å². The fourth-order valence-corrected chi connectivity index (χ4v) is 6.51. The zero-order chi connectivity index (χ0) is 48.9. The smallest absolute Gasteiger partial charge is 0.326 e. The number of nitrogens with one attached hydrogen (secondary N) is 8. The number of hydrogen-bond acceptors (Lipinski definition) is 10. The number of likely N-dealkylation sites (N-methyl/N-ethyl adjacent to an activating group) is 1. The van der Waals surface area contributed by atoms with Crippen LogP contribution in [0, 0.1) is 0 Å². The quantitative estimate of drug-likeness (QED) is 0.0456. The van der Waals surface area contributed by atoms with Gasteiger partial charge in [0.25, 0.3) is 0 Å². The van der Waals surface area contributed by atoms with E-state index in [-0.39, 0.29) is 44.6 Å². The van der Waals surface area contributed by atoms with E-state index in [1.807, 2.05) is 0 Å². The number of carbonyl (C=O) groups is 10. The van der Waals surface area contributed by atoms with Crippen molar-refractivity contribution >= 4 is 59.6 Å². The van der Waals surface area contributed by atoms with Gasteiger partial charge in [-0.05, 0) is 49.7 Å². The second kappa shape index (κ2) is 30.8. The summed E-state index contributed by atoms with van der Waals surface area (Å²) in [5, 5.41) is 56.6. The number of carboxylic acids is 4. The SMILES string of the molecule is CNC(=O)[C@H](CC(=O)O)NC(=O)[C@H](Cc1ccccc1)NC(=O)[C@H](Cc1ccccc1)NC(=O)CCCCCCCNC(=O)NCCCC[C@H](NC(=O)N[C@@H](CCC(=O)O)C(=O)O)C(=O)O. The molecule has 5 atom stereocenters. The Kier molecular flexibility index (Phi) is 25.6. The molecule has 0 aliphatic heterocycles. The van der Waals surface area contributed by atoms with E-state index in [9.17, 15) is 63.3 Å². The molecule has 0 fully saturated rings. The highest BCUT2D eigenvalue weighted by Gasteiger charge is 2.31. The second-order valence-corrected chi connectivity index (χ2v) is 15.4. The molecular formula is C44H62N8O14. The van der Waals surface area contributed by atoms with Crippen LogP contribution in [0.4, 0.5) is 9.59 Å². The molecule has 362 valence electrons. The van der Waals surface area contributed by atoms with Gasteiger partial charge in [-0.2, -0.15) is 0 Å². The van der Waals surface area contributed by atoms with E-state index in [0.717, 1.165) is 18.4 Å². The highest BCUT2D eigenvalue weighted by molar-refractivity contribution is 5.95. The summed E-state index contributed by atoms with van der Waals surface area (Å²) in [5.74, 6) is -7.92. The molecule has 0 aliphatic carbocycles. The van der Waals surface area contributed by atoms with Gasteiger partial charge in [0, 0.05) is 45.8 Å². The van der Waals surface area contributed by atoms with Gasteiger partial charge < -0.3 is 63.0 Å². The normalized spacial score (nSPS) is 12.9. The van der Waals surface area contributed by atoms with Gasteiger partial charge in [-0.15, -0.1) is 0 Å². The van der Waals surface area contributed by atoms with Gasteiger partial charge >= 0.3 is 35.9 Å². The Hall–Kier alpha value is -7.26. The van der Waals surface area contributed by atoms with Gasteiger partial charge in [0.15, 0.2) is 0 Å². The maximum absolute atomic E-state index is 13.8. The van der Waals surface area contributed by atoms with Gasteiger partial charge in [0.1, 0.15) is 30.2 Å². The Morgan fingerprint density at radius 3 is 1.42 bits per heavy atom. The van der Waals surface area contributed by atoms with Crippen LogP contribution in [0.1, 0.15) is 88.2 Å². The Labute approximate surface area is 381 Å². The molecule has 0 saturated carbocycles. The number of benzene rings is 2. The number of urea groups is 2. The first-order chi connectivity index (χ1) is 31.5. The van der Waals surface area contributed by atoms with E-state index in [1.165, 1.54) is 7.05 Å². The van der Waals surface area contributed by atoms with Crippen LogP contribution in [0.15, 0.2) is 60.7 Å². The maximum atomic E-state index is 13.8. The van der Waals surface area contributed by atoms with Crippen LogP contribution in [-0.2, 0) is 51.2 Å². The number of unbranched alkanes of at least 4 members (excludes halogenated alkanes) is 5. The van der Waals surface area contributed by atoms with Crippen LogP contribution < -0.4 is 42.5 Å². The van der Waals surface area contributed by atoms with Crippen LogP contribution in [0.3, 0.4) is 0 Å². The van der Waals surface area contributed by atoms with E-state index in [4.69, 9.17) is 5.11 Å². The van der Waals surface area contributed by atoms with Gasteiger partial charge in [-0.3, -0.25) is 28.8 Å². The van der Waals surface area contributed by atoms with Crippen molar-refractivity contribution < 1.29 is 68.4 Å². The maximum Gasteiger partial charge on any atom is 0.326 e. The molecule has 66 heavy (non-hydrogen) atoms. The zero-order valence-corrected chi connectivity index (χ0v) is 36.8. The topological polar surface area (TPSA) is 348 Å². The number of carboxylic acid groups (broad SMARTS) is 4. The fraction of sp³-hybridized carbons (Fsp3) is 0.500. The minimum atomic E-state index is -1.52. The van der Waals surface area contributed by atoms with Crippen molar-refractivity contribution in [1.29, 1.82) is 0 Å². The van der Waals surface area contributed by atoms with E-state index in [0.29, 0.717) is 44.2 Å². The average molecular weight is 927 g/mol. The molecule has 12 N–H and O–H groups in total. The summed E-state index contributed by atoms with van der Waals surface area (Å²) in [5.41, 5.74) is 1.43. The molecule has 2 rings (SSSR count). The van der Waals surface area contributed by atoms with Gasteiger partial charge in [-0.1, -0.05) is 79.9 Å². The molecule has 8 amide bonds. The first kappa shape index (κ1) is 54.9. The highest BCUT2D eigenvalue weighted by Crippen LogP contribution is 2.10.